The summed E-state index contributed by atoms with van der Waals surface area (Å²) in [7, 11) is 0. The molecule has 1 aliphatic heterocycles. The number of allylic oxidation sites excluding steroid dienone is 1. The zero-order valence-electron chi connectivity index (χ0n) is 12.9. The van der Waals surface area contributed by atoms with Crippen molar-refractivity contribution in [3.05, 3.63) is 70.9 Å². The van der Waals surface area contributed by atoms with Gasteiger partial charge >= 0.3 is 0 Å². The maximum Gasteiger partial charge on any atom is 0.231 e. The van der Waals surface area contributed by atoms with Gasteiger partial charge in [0.1, 0.15) is 5.60 Å². The van der Waals surface area contributed by atoms with E-state index in [1.54, 1.807) is 0 Å². The summed E-state index contributed by atoms with van der Waals surface area (Å²) in [6, 6.07) is 17.0. The fourth-order valence-corrected chi connectivity index (χ4v) is 3.46. The second kappa shape index (κ2) is 5.29. The van der Waals surface area contributed by atoms with Crippen molar-refractivity contribution in [2.24, 2.45) is 5.73 Å². The first-order chi connectivity index (χ1) is 11.6. The molecule has 120 valence electrons. The number of nitrogens with two attached hydrogens (primary N) is 1. The van der Waals surface area contributed by atoms with Crippen LogP contribution < -0.4 is 15.2 Å². The molecule has 3 N–H and O–H groups in total. The summed E-state index contributed by atoms with van der Waals surface area (Å²) in [4.78, 5) is 0. The van der Waals surface area contributed by atoms with Crippen LogP contribution in [0.15, 0.2) is 59.8 Å². The lowest BCUT2D eigenvalue weighted by molar-refractivity contribution is 0.0724. The number of ether oxygens (including phenoxy) is 2. The van der Waals surface area contributed by atoms with E-state index >= 15 is 0 Å². The first-order valence-electron chi connectivity index (χ1n) is 7.71. The SMILES string of the molecule is N#CC1=C(N)[C@](O)(c2ccccc2)C[C@H]1c1ccc2c(c1)OCO2. The van der Waals surface area contributed by atoms with Crippen LogP contribution in [0.2, 0.25) is 0 Å². The fourth-order valence-electron chi connectivity index (χ4n) is 3.46. The number of aliphatic hydroxyl groups is 1. The normalized spacial score (nSPS) is 24.9. The Kier molecular flexibility index (Phi) is 3.22. The highest BCUT2D eigenvalue weighted by Crippen LogP contribution is 2.49. The van der Waals surface area contributed by atoms with Gasteiger partial charge in [0.2, 0.25) is 6.79 Å². The van der Waals surface area contributed by atoms with Crippen LogP contribution in [-0.4, -0.2) is 11.9 Å². The van der Waals surface area contributed by atoms with E-state index in [2.05, 4.69) is 6.07 Å². The Balaban J connectivity index is 1.78. The van der Waals surface area contributed by atoms with Gasteiger partial charge in [0.05, 0.1) is 17.3 Å². The highest BCUT2D eigenvalue weighted by molar-refractivity contribution is 5.54. The van der Waals surface area contributed by atoms with Crippen LogP contribution in [0.5, 0.6) is 11.5 Å². The molecule has 0 unspecified atom stereocenters. The summed E-state index contributed by atoms with van der Waals surface area (Å²) in [5.74, 6) is 1.05. The molecule has 0 aromatic heterocycles. The number of benzene rings is 2. The van der Waals surface area contributed by atoms with Crippen LogP contribution in [0.4, 0.5) is 0 Å². The topological polar surface area (TPSA) is 88.5 Å². The Morgan fingerprint density at radius 2 is 1.88 bits per heavy atom. The van der Waals surface area contributed by atoms with Crippen molar-refractivity contribution in [3.8, 4) is 17.6 Å². The molecule has 2 aliphatic rings. The molecule has 2 atom stereocenters. The quantitative estimate of drug-likeness (QED) is 0.887. The fraction of sp³-hybridized carbons (Fsp3) is 0.211. The molecule has 0 saturated heterocycles. The van der Waals surface area contributed by atoms with E-state index in [1.165, 1.54) is 0 Å². The van der Waals surface area contributed by atoms with E-state index < -0.39 is 5.60 Å². The number of hydrogen-bond acceptors (Lipinski definition) is 5. The number of nitriles is 1. The third-order valence-corrected chi connectivity index (χ3v) is 4.75. The Labute approximate surface area is 139 Å². The van der Waals surface area contributed by atoms with Gasteiger partial charge < -0.3 is 20.3 Å². The summed E-state index contributed by atoms with van der Waals surface area (Å²) >= 11 is 0. The van der Waals surface area contributed by atoms with E-state index in [9.17, 15) is 10.4 Å². The maximum atomic E-state index is 11.2. The molecule has 0 saturated carbocycles. The predicted molar refractivity (Wildman–Crippen MR) is 87.1 cm³/mol. The van der Waals surface area contributed by atoms with Crippen molar-refractivity contribution in [2.45, 2.75) is 17.9 Å². The number of rotatable bonds is 2. The van der Waals surface area contributed by atoms with Crippen LogP contribution in [0.3, 0.4) is 0 Å². The van der Waals surface area contributed by atoms with E-state index in [0.29, 0.717) is 29.1 Å². The van der Waals surface area contributed by atoms with Crippen LogP contribution in [-0.2, 0) is 5.60 Å². The lowest BCUT2D eigenvalue weighted by Gasteiger charge is -2.25. The lowest BCUT2D eigenvalue weighted by Crippen LogP contribution is -2.29. The van der Waals surface area contributed by atoms with Gasteiger partial charge in [0.15, 0.2) is 11.5 Å². The minimum atomic E-state index is -1.34. The molecule has 1 heterocycles. The summed E-state index contributed by atoms with van der Waals surface area (Å²) in [5.41, 5.74) is 7.05. The summed E-state index contributed by atoms with van der Waals surface area (Å²) < 4.78 is 10.7. The van der Waals surface area contributed by atoms with Gasteiger partial charge in [-0.15, -0.1) is 0 Å². The van der Waals surface area contributed by atoms with Crippen molar-refractivity contribution in [2.75, 3.05) is 6.79 Å². The Morgan fingerprint density at radius 3 is 2.62 bits per heavy atom. The molecule has 5 nitrogen and oxygen atoms in total. The minimum absolute atomic E-state index is 0.195. The summed E-state index contributed by atoms with van der Waals surface area (Å²) in [6.07, 6.45) is 0.325. The average molecular weight is 320 g/mol. The van der Waals surface area contributed by atoms with Crippen molar-refractivity contribution < 1.29 is 14.6 Å². The zero-order chi connectivity index (χ0) is 16.7. The van der Waals surface area contributed by atoms with Crippen LogP contribution in [0, 0.1) is 11.3 Å². The largest absolute Gasteiger partial charge is 0.454 e. The molecule has 0 fully saturated rings. The van der Waals surface area contributed by atoms with E-state index in [0.717, 1.165) is 5.56 Å². The molecule has 0 spiro atoms. The van der Waals surface area contributed by atoms with Gasteiger partial charge in [0.25, 0.3) is 0 Å². The van der Waals surface area contributed by atoms with Gasteiger partial charge in [-0.05, 0) is 29.7 Å². The summed E-state index contributed by atoms with van der Waals surface area (Å²) in [5, 5.41) is 20.8. The van der Waals surface area contributed by atoms with Crippen LogP contribution >= 0.6 is 0 Å². The van der Waals surface area contributed by atoms with Gasteiger partial charge in [-0.1, -0.05) is 36.4 Å². The Bertz CT molecular complexity index is 870. The Hall–Kier alpha value is -2.97. The second-order valence-electron chi connectivity index (χ2n) is 6.03. The standard InChI is InChI=1S/C19H16N2O3/c20-10-15-14(12-6-7-16-17(8-12)24-11-23-16)9-19(22,18(15)21)13-4-2-1-3-5-13/h1-8,14,22H,9,11,21H2/t14-,19+/m0/s1. The van der Waals surface area contributed by atoms with Gasteiger partial charge in [0, 0.05) is 5.92 Å². The molecule has 0 bridgehead atoms. The zero-order valence-corrected chi connectivity index (χ0v) is 12.9. The highest BCUT2D eigenvalue weighted by atomic mass is 16.7. The number of hydrogen-bond donors (Lipinski definition) is 2. The third kappa shape index (κ3) is 2.04. The van der Waals surface area contributed by atoms with E-state index in [-0.39, 0.29) is 18.4 Å². The number of fused-ring (bicyclic) bond motifs is 1. The number of nitrogens with zero attached hydrogens (tertiary/aromatic N) is 1. The minimum Gasteiger partial charge on any atom is -0.454 e. The molecule has 2 aromatic rings. The van der Waals surface area contributed by atoms with Crippen molar-refractivity contribution in [3.63, 3.8) is 0 Å². The van der Waals surface area contributed by atoms with Gasteiger partial charge in [-0.3, -0.25) is 0 Å². The smallest absolute Gasteiger partial charge is 0.231 e. The first kappa shape index (κ1) is 14.6. The molecule has 0 amide bonds. The monoisotopic (exact) mass is 320 g/mol. The second-order valence-corrected chi connectivity index (χ2v) is 6.03. The third-order valence-electron chi connectivity index (χ3n) is 4.75. The average Bonchev–Trinajstić information content (AvgIpc) is 3.18. The molecule has 4 rings (SSSR count). The van der Waals surface area contributed by atoms with Crippen LogP contribution in [0.25, 0.3) is 0 Å². The highest BCUT2D eigenvalue weighted by Gasteiger charge is 2.45. The summed E-state index contributed by atoms with van der Waals surface area (Å²) in [6.45, 7) is 0.195. The molecular formula is C19H16N2O3. The van der Waals surface area contributed by atoms with E-state index in [4.69, 9.17) is 15.2 Å². The van der Waals surface area contributed by atoms with Crippen molar-refractivity contribution in [1.29, 1.82) is 5.26 Å². The molecule has 1 aliphatic carbocycles. The molecule has 2 aromatic carbocycles. The maximum absolute atomic E-state index is 11.2. The Morgan fingerprint density at radius 1 is 1.12 bits per heavy atom. The van der Waals surface area contributed by atoms with E-state index in [1.807, 2.05) is 48.5 Å². The lowest BCUT2D eigenvalue weighted by atomic mass is 9.86. The van der Waals surface area contributed by atoms with Crippen molar-refractivity contribution >= 4 is 0 Å². The molecule has 0 radical (unpaired) electrons. The molecule has 5 heteroatoms. The van der Waals surface area contributed by atoms with Gasteiger partial charge in [-0.2, -0.15) is 5.26 Å². The molecule has 24 heavy (non-hydrogen) atoms. The first-order valence-corrected chi connectivity index (χ1v) is 7.71. The molecular weight excluding hydrogens is 304 g/mol. The van der Waals surface area contributed by atoms with Crippen molar-refractivity contribution in [1.82, 2.24) is 0 Å². The predicted octanol–water partition coefficient (Wildman–Crippen LogP) is 2.53. The van der Waals surface area contributed by atoms with Crippen LogP contribution in [0.1, 0.15) is 23.5 Å². The van der Waals surface area contributed by atoms with Gasteiger partial charge in [-0.25, -0.2) is 0 Å².